The van der Waals surface area contributed by atoms with Gasteiger partial charge in [0.25, 0.3) is 0 Å². The molecule has 3 N–H and O–H groups in total. The minimum absolute atomic E-state index is 0.0718. The summed E-state index contributed by atoms with van der Waals surface area (Å²) in [5.74, 6) is -0.0188. The Labute approximate surface area is 288 Å². The maximum atomic E-state index is 12.0. The zero-order chi connectivity index (χ0) is 34.8. The Bertz CT molecular complexity index is 804. The van der Waals surface area contributed by atoms with E-state index >= 15 is 0 Å². The zero-order valence-corrected chi connectivity index (χ0v) is 30.4. The fourth-order valence-corrected chi connectivity index (χ4v) is 5.20. The number of ether oxygens (including phenoxy) is 2. The van der Waals surface area contributed by atoms with Gasteiger partial charge in [-0.05, 0) is 57.3 Å². The van der Waals surface area contributed by atoms with E-state index in [1.54, 1.807) is 0 Å². The largest absolute Gasteiger partial charge is 0.463 e. The van der Waals surface area contributed by atoms with Crippen LogP contribution in [0.3, 0.4) is 0 Å². The molecule has 0 aliphatic carbocycles. The summed E-state index contributed by atoms with van der Waals surface area (Å²) in [6.45, 7) is 6.34. The molecule has 0 spiro atoms. The first kappa shape index (κ1) is 45.0. The number of aliphatic hydroxyl groups excluding tert-OH is 3. The van der Waals surface area contributed by atoms with Gasteiger partial charge in [-0.3, -0.25) is 9.59 Å². The van der Waals surface area contributed by atoms with Gasteiger partial charge in [0.2, 0.25) is 0 Å². The van der Waals surface area contributed by atoms with E-state index in [1.165, 1.54) is 77.0 Å². The molecule has 0 radical (unpaired) electrons. The molecule has 0 heterocycles. The van der Waals surface area contributed by atoms with Crippen molar-refractivity contribution in [3.05, 3.63) is 36.5 Å². The smallest absolute Gasteiger partial charge is 0.305 e. The van der Waals surface area contributed by atoms with Crippen molar-refractivity contribution in [2.45, 2.75) is 187 Å². The monoisotopic (exact) mass is 665 g/mol. The highest BCUT2D eigenvalue weighted by Crippen LogP contribution is 2.14. The van der Waals surface area contributed by atoms with Gasteiger partial charge < -0.3 is 24.8 Å². The first-order valence-electron chi connectivity index (χ1n) is 19.1. The second kappa shape index (κ2) is 33.9. The summed E-state index contributed by atoms with van der Waals surface area (Å²) >= 11 is 0. The summed E-state index contributed by atoms with van der Waals surface area (Å²) in [5.41, 5.74) is 0. The van der Waals surface area contributed by atoms with E-state index in [-0.39, 0.29) is 32.0 Å². The average molecular weight is 665 g/mol. The van der Waals surface area contributed by atoms with Crippen molar-refractivity contribution in [1.29, 1.82) is 0 Å². The number of carbonyl (C=O) groups is 2. The van der Waals surface area contributed by atoms with Crippen molar-refractivity contribution < 1.29 is 34.4 Å². The van der Waals surface area contributed by atoms with Crippen molar-refractivity contribution in [1.82, 2.24) is 0 Å². The van der Waals surface area contributed by atoms with E-state index in [0.717, 1.165) is 44.4 Å². The Balaban J connectivity index is 3.70. The van der Waals surface area contributed by atoms with Crippen molar-refractivity contribution in [2.24, 2.45) is 5.92 Å². The van der Waals surface area contributed by atoms with Gasteiger partial charge in [0.05, 0.1) is 12.2 Å². The summed E-state index contributed by atoms with van der Waals surface area (Å²) in [4.78, 5) is 23.9. The number of allylic oxidation sites excluding steroid dienone is 5. The summed E-state index contributed by atoms with van der Waals surface area (Å²) in [5, 5.41) is 30.3. The minimum atomic E-state index is -1.07. The maximum Gasteiger partial charge on any atom is 0.305 e. The first-order chi connectivity index (χ1) is 22.8. The quantitative estimate of drug-likeness (QED) is 0.0364. The lowest BCUT2D eigenvalue weighted by Crippen LogP contribution is -2.26. The molecule has 0 bridgehead atoms. The van der Waals surface area contributed by atoms with Gasteiger partial charge in [-0.25, -0.2) is 0 Å². The molecule has 0 aromatic heterocycles. The van der Waals surface area contributed by atoms with Crippen LogP contribution in [0.5, 0.6) is 0 Å². The van der Waals surface area contributed by atoms with Crippen LogP contribution in [0.2, 0.25) is 0 Å². The molecule has 0 fully saturated rings. The summed E-state index contributed by atoms with van der Waals surface area (Å²) in [6.07, 6.45) is 32.4. The van der Waals surface area contributed by atoms with Crippen LogP contribution in [0.4, 0.5) is 0 Å². The van der Waals surface area contributed by atoms with Crippen molar-refractivity contribution in [3.8, 4) is 0 Å². The van der Waals surface area contributed by atoms with Crippen LogP contribution in [0.1, 0.15) is 168 Å². The Kier molecular flexibility index (Phi) is 32.5. The van der Waals surface area contributed by atoms with Crippen LogP contribution in [0, 0.1) is 5.92 Å². The highest BCUT2D eigenvalue weighted by atomic mass is 16.6. The predicted molar refractivity (Wildman–Crippen MR) is 194 cm³/mol. The molecule has 0 rings (SSSR count). The molecule has 2 unspecified atom stereocenters. The van der Waals surface area contributed by atoms with Gasteiger partial charge in [0, 0.05) is 12.8 Å². The van der Waals surface area contributed by atoms with E-state index < -0.39 is 24.3 Å². The second-order valence-corrected chi connectivity index (χ2v) is 13.5. The van der Waals surface area contributed by atoms with Gasteiger partial charge in [-0.15, -0.1) is 0 Å². The van der Waals surface area contributed by atoms with Crippen molar-refractivity contribution >= 4 is 11.9 Å². The van der Waals surface area contributed by atoms with Crippen LogP contribution in [0.15, 0.2) is 36.5 Å². The van der Waals surface area contributed by atoms with Gasteiger partial charge in [-0.1, -0.05) is 141 Å². The van der Waals surface area contributed by atoms with Crippen molar-refractivity contribution in [2.75, 3.05) is 13.2 Å². The number of hydrogen-bond acceptors (Lipinski definition) is 7. The SMILES string of the molecule is CCCCC/C=C\C/C=C\C/C=C\CC(O)C(O)CCCC(=O)OC[C@@H](O)COC(=O)CCCCCCCCCCCCCC(C)C. The van der Waals surface area contributed by atoms with Crippen molar-refractivity contribution in [3.63, 3.8) is 0 Å². The summed E-state index contributed by atoms with van der Waals surface area (Å²) in [6, 6.07) is 0. The molecule has 7 heteroatoms. The van der Waals surface area contributed by atoms with E-state index in [1.807, 2.05) is 12.2 Å². The fraction of sp³-hybridized carbons (Fsp3) is 0.800. The molecular weight excluding hydrogens is 592 g/mol. The minimum Gasteiger partial charge on any atom is -0.463 e. The Morgan fingerprint density at radius 2 is 1.04 bits per heavy atom. The van der Waals surface area contributed by atoms with E-state index in [2.05, 4.69) is 45.1 Å². The van der Waals surface area contributed by atoms with Crippen LogP contribution in [-0.4, -0.2) is 58.8 Å². The molecule has 0 aliphatic heterocycles. The molecular formula is C40H72O7. The Hall–Kier alpha value is -1.96. The average Bonchev–Trinajstić information content (AvgIpc) is 3.05. The fourth-order valence-electron chi connectivity index (χ4n) is 5.20. The van der Waals surface area contributed by atoms with Gasteiger partial charge >= 0.3 is 11.9 Å². The van der Waals surface area contributed by atoms with Crippen LogP contribution in [0.25, 0.3) is 0 Å². The standard InChI is InChI=1S/C40H72O7/c1-4-5-6-7-8-9-10-13-16-19-22-25-29-37(42)38(43)30-27-32-40(45)47-34-36(41)33-46-39(44)31-26-23-20-17-14-11-12-15-18-21-24-28-35(2)3/h8-9,13,16,22,25,35-38,41-43H,4-7,10-12,14-15,17-21,23-24,26-34H2,1-3H3/b9-8-,16-13-,25-22-/t36-,37?,38?/m0/s1. The van der Waals surface area contributed by atoms with E-state index in [4.69, 9.17) is 9.47 Å². The molecule has 3 atom stereocenters. The number of hydrogen-bond donors (Lipinski definition) is 3. The zero-order valence-electron chi connectivity index (χ0n) is 30.4. The normalized spacial score (nSPS) is 14.0. The third-order valence-electron chi connectivity index (χ3n) is 8.26. The van der Waals surface area contributed by atoms with Gasteiger partial charge in [0.15, 0.2) is 0 Å². The highest BCUT2D eigenvalue weighted by Gasteiger charge is 2.16. The van der Waals surface area contributed by atoms with Gasteiger partial charge in [-0.2, -0.15) is 0 Å². The lowest BCUT2D eigenvalue weighted by atomic mass is 10.0. The maximum absolute atomic E-state index is 12.0. The van der Waals surface area contributed by atoms with E-state index in [9.17, 15) is 24.9 Å². The summed E-state index contributed by atoms with van der Waals surface area (Å²) < 4.78 is 10.2. The third-order valence-corrected chi connectivity index (χ3v) is 8.26. The number of esters is 2. The first-order valence-corrected chi connectivity index (χ1v) is 19.1. The Morgan fingerprint density at radius 1 is 0.553 bits per heavy atom. The molecule has 0 saturated carbocycles. The number of unbranched alkanes of at least 4 members (excludes halogenated alkanes) is 13. The number of aliphatic hydroxyl groups is 3. The van der Waals surface area contributed by atoms with Crippen LogP contribution >= 0.6 is 0 Å². The lowest BCUT2D eigenvalue weighted by Gasteiger charge is -2.16. The molecule has 274 valence electrons. The number of rotatable bonds is 33. The topological polar surface area (TPSA) is 113 Å². The predicted octanol–water partition coefficient (Wildman–Crippen LogP) is 9.47. The summed E-state index contributed by atoms with van der Waals surface area (Å²) in [7, 11) is 0. The van der Waals surface area contributed by atoms with Crippen LogP contribution in [-0.2, 0) is 19.1 Å². The van der Waals surface area contributed by atoms with Crippen LogP contribution < -0.4 is 0 Å². The molecule has 0 saturated heterocycles. The molecule has 7 nitrogen and oxygen atoms in total. The molecule has 0 aromatic carbocycles. The van der Waals surface area contributed by atoms with E-state index in [0.29, 0.717) is 19.3 Å². The second-order valence-electron chi connectivity index (χ2n) is 13.5. The molecule has 0 aromatic rings. The number of carbonyl (C=O) groups excluding carboxylic acids is 2. The Morgan fingerprint density at radius 3 is 1.60 bits per heavy atom. The third kappa shape index (κ3) is 33.7. The molecule has 0 amide bonds. The lowest BCUT2D eigenvalue weighted by molar-refractivity contribution is -0.152. The highest BCUT2D eigenvalue weighted by molar-refractivity contribution is 5.69. The molecule has 47 heavy (non-hydrogen) atoms. The molecule has 0 aliphatic rings. The van der Waals surface area contributed by atoms with Gasteiger partial charge in [0.1, 0.15) is 19.3 Å².